The van der Waals surface area contributed by atoms with Crippen molar-refractivity contribution in [3.8, 4) is 0 Å². The van der Waals surface area contributed by atoms with Crippen LogP contribution in [0.25, 0.3) is 0 Å². The lowest BCUT2D eigenvalue weighted by molar-refractivity contribution is -0.0399. The molecule has 1 atom stereocenters. The van der Waals surface area contributed by atoms with E-state index in [0.29, 0.717) is 12.1 Å². The highest BCUT2D eigenvalue weighted by atomic mass is 16.5. The molecule has 0 heterocycles. The van der Waals surface area contributed by atoms with Crippen molar-refractivity contribution in [1.29, 1.82) is 0 Å². The van der Waals surface area contributed by atoms with Crippen LogP contribution in [0, 0.1) is 5.92 Å². The lowest BCUT2D eigenvalue weighted by atomic mass is 9.82. The minimum Gasteiger partial charge on any atom is -0.374 e. The molecule has 0 radical (unpaired) electrons. The predicted molar refractivity (Wildman–Crippen MR) is 88.4 cm³/mol. The van der Waals surface area contributed by atoms with Gasteiger partial charge in [-0.1, -0.05) is 37.3 Å². The van der Waals surface area contributed by atoms with E-state index < -0.39 is 0 Å². The molecule has 3 heteroatoms. The van der Waals surface area contributed by atoms with Gasteiger partial charge in [0, 0.05) is 12.6 Å². The van der Waals surface area contributed by atoms with Crippen LogP contribution in [0.15, 0.2) is 30.3 Å². The minimum absolute atomic E-state index is 0.463. The average Bonchev–Trinajstić information content (AvgIpc) is 2.46. The quantitative estimate of drug-likeness (QED) is 0.650. The minimum atomic E-state index is 0.463. The Bertz CT molecular complexity index is 376. The van der Waals surface area contributed by atoms with Gasteiger partial charge in [0.1, 0.15) is 0 Å². The molecule has 0 aliphatic heterocycles. The van der Waals surface area contributed by atoms with Gasteiger partial charge in [-0.3, -0.25) is 0 Å². The second-order valence-electron chi connectivity index (χ2n) is 6.27. The molecule has 0 amide bonds. The van der Waals surface area contributed by atoms with Gasteiger partial charge in [0.15, 0.2) is 0 Å². The first-order valence-corrected chi connectivity index (χ1v) is 8.37. The van der Waals surface area contributed by atoms with Crippen molar-refractivity contribution in [2.24, 2.45) is 5.92 Å². The van der Waals surface area contributed by atoms with E-state index in [-0.39, 0.29) is 0 Å². The largest absolute Gasteiger partial charge is 0.374 e. The number of hydrogen-bond donors (Lipinski definition) is 2. The highest BCUT2D eigenvalue weighted by Crippen LogP contribution is 2.30. The van der Waals surface area contributed by atoms with Crippen LogP contribution in [-0.4, -0.2) is 31.8 Å². The molecule has 1 aliphatic rings. The topological polar surface area (TPSA) is 33.3 Å². The Morgan fingerprint density at radius 2 is 2.00 bits per heavy atom. The number of benzene rings is 1. The molecule has 118 valence electrons. The normalized spacial score (nSPS) is 22.8. The van der Waals surface area contributed by atoms with Gasteiger partial charge in [-0.2, -0.15) is 0 Å². The van der Waals surface area contributed by atoms with Gasteiger partial charge in [-0.25, -0.2) is 0 Å². The van der Waals surface area contributed by atoms with E-state index in [1.54, 1.807) is 0 Å². The maximum Gasteiger partial charge on any atom is 0.0720 e. The molecule has 1 aliphatic carbocycles. The smallest absolute Gasteiger partial charge is 0.0720 e. The molecular formula is C18H30N2O. The van der Waals surface area contributed by atoms with Crippen LogP contribution in [0.2, 0.25) is 0 Å². The highest BCUT2D eigenvalue weighted by molar-refractivity contribution is 5.13. The van der Waals surface area contributed by atoms with Crippen LogP contribution in [0.5, 0.6) is 0 Å². The molecule has 21 heavy (non-hydrogen) atoms. The van der Waals surface area contributed by atoms with Gasteiger partial charge >= 0.3 is 0 Å². The molecule has 2 N–H and O–H groups in total. The van der Waals surface area contributed by atoms with E-state index in [1.165, 1.54) is 24.8 Å². The van der Waals surface area contributed by atoms with Crippen LogP contribution in [0.1, 0.15) is 38.7 Å². The SMILES string of the molecule is CCCNCC(C)NCC1CC(OCc2ccccc2)C1. The number of ether oxygens (including phenoxy) is 1. The Morgan fingerprint density at radius 3 is 2.71 bits per heavy atom. The van der Waals surface area contributed by atoms with Gasteiger partial charge in [-0.15, -0.1) is 0 Å². The summed E-state index contributed by atoms with van der Waals surface area (Å²) >= 11 is 0. The molecule has 3 nitrogen and oxygen atoms in total. The third-order valence-corrected chi connectivity index (χ3v) is 4.15. The molecule has 1 aromatic carbocycles. The summed E-state index contributed by atoms with van der Waals surface area (Å²) in [7, 11) is 0. The first-order valence-electron chi connectivity index (χ1n) is 8.37. The van der Waals surface area contributed by atoms with Crippen molar-refractivity contribution in [1.82, 2.24) is 10.6 Å². The van der Waals surface area contributed by atoms with Crippen LogP contribution in [0.3, 0.4) is 0 Å². The Labute approximate surface area is 129 Å². The molecule has 1 fully saturated rings. The zero-order chi connectivity index (χ0) is 14.9. The summed E-state index contributed by atoms with van der Waals surface area (Å²) in [5.41, 5.74) is 1.27. The summed E-state index contributed by atoms with van der Waals surface area (Å²) in [6, 6.07) is 11.0. The Morgan fingerprint density at radius 1 is 1.24 bits per heavy atom. The van der Waals surface area contributed by atoms with Crippen molar-refractivity contribution in [2.75, 3.05) is 19.6 Å². The van der Waals surface area contributed by atoms with E-state index in [0.717, 1.165) is 32.2 Å². The van der Waals surface area contributed by atoms with Crippen molar-refractivity contribution >= 4 is 0 Å². The van der Waals surface area contributed by atoms with E-state index in [1.807, 2.05) is 6.07 Å². The molecule has 0 aromatic heterocycles. The van der Waals surface area contributed by atoms with Crippen LogP contribution >= 0.6 is 0 Å². The maximum atomic E-state index is 5.94. The zero-order valence-electron chi connectivity index (χ0n) is 13.5. The fourth-order valence-corrected chi connectivity index (χ4v) is 2.70. The third kappa shape index (κ3) is 6.16. The fraction of sp³-hybridized carbons (Fsp3) is 0.667. The standard InChI is InChI=1S/C18H30N2O/c1-3-9-19-12-15(2)20-13-17-10-18(11-17)21-14-16-7-5-4-6-8-16/h4-8,15,17-20H,3,9-14H2,1-2H3. The number of rotatable bonds is 10. The second kappa shape index (κ2) is 9.19. The molecule has 1 aromatic rings. The molecule has 1 saturated carbocycles. The summed E-state index contributed by atoms with van der Waals surface area (Å²) < 4.78 is 5.94. The lowest BCUT2D eigenvalue weighted by Crippen LogP contribution is -2.43. The predicted octanol–water partition coefficient (Wildman–Crippen LogP) is 2.96. The molecule has 0 saturated heterocycles. The summed E-state index contributed by atoms with van der Waals surface area (Å²) in [5.74, 6) is 0.791. The molecule has 2 rings (SSSR count). The Balaban J connectivity index is 1.49. The van der Waals surface area contributed by atoms with Crippen molar-refractivity contribution in [3.63, 3.8) is 0 Å². The molecular weight excluding hydrogens is 260 g/mol. The summed E-state index contributed by atoms with van der Waals surface area (Å²) in [4.78, 5) is 0. The monoisotopic (exact) mass is 290 g/mol. The highest BCUT2D eigenvalue weighted by Gasteiger charge is 2.29. The van der Waals surface area contributed by atoms with E-state index in [4.69, 9.17) is 4.74 Å². The van der Waals surface area contributed by atoms with Crippen molar-refractivity contribution in [2.45, 2.75) is 51.9 Å². The fourth-order valence-electron chi connectivity index (χ4n) is 2.70. The summed E-state index contributed by atoms with van der Waals surface area (Å²) in [6.07, 6.45) is 4.07. The zero-order valence-corrected chi connectivity index (χ0v) is 13.5. The molecule has 0 bridgehead atoms. The van der Waals surface area contributed by atoms with Gasteiger partial charge < -0.3 is 15.4 Å². The number of hydrogen-bond acceptors (Lipinski definition) is 3. The molecule has 0 spiro atoms. The number of nitrogens with one attached hydrogen (secondary N) is 2. The van der Waals surface area contributed by atoms with Crippen LogP contribution < -0.4 is 10.6 Å². The second-order valence-corrected chi connectivity index (χ2v) is 6.27. The van der Waals surface area contributed by atoms with Gasteiger partial charge in [0.25, 0.3) is 0 Å². The van der Waals surface area contributed by atoms with Crippen molar-refractivity contribution < 1.29 is 4.74 Å². The van der Waals surface area contributed by atoms with Crippen LogP contribution in [0.4, 0.5) is 0 Å². The van der Waals surface area contributed by atoms with Crippen molar-refractivity contribution in [3.05, 3.63) is 35.9 Å². The average molecular weight is 290 g/mol. The Hall–Kier alpha value is -0.900. The third-order valence-electron chi connectivity index (χ3n) is 4.15. The first-order chi connectivity index (χ1) is 10.3. The molecule has 1 unspecified atom stereocenters. The maximum absolute atomic E-state index is 5.94. The lowest BCUT2D eigenvalue weighted by Gasteiger charge is -2.36. The van der Waals surface area contributed by atoms with Crippen LogP contribution in [-0.2, 0) is 11.3 Å². The van der Waals surface area contributed by atoms with E-state index >= 15 is 0 Å². The van der Waals surface area contributed by atoms with E-state index in [2.05, 4.69) is 48.7 Å². The summed E-state index contributed by atoms with van der Waals surface area (Å²) in [5, 5.41) is 7.07. The van der Waals surface area contributed by atoms with Gasteiger partial charge in [0.2, 0.25) is 0 Å². The van der Waals surface area contributed by atoms with Gasteiger partial charge in [-0.05, 0) is 50.8 Å². The first kappa shape index (κ1) is 16.5. The van der Waals surface area contributed by atoms with E-state index in [9.17, 15) is 0 Å². The van der Waals surface area contributed by atoms with Gasteiger partial charge in [0.05, 0.1) is 12.7 Å². The Kier molecular flexibility index (Phi) is 7.20. The summed E-state index contributed by atoms with van der Waals surface area (Å²) in [6.45, 7) is 8.52.